The number of allylic oxidation sites excluding steroid dienone is 1. The number of piperidine rings is 2. The van der Waals surface area contributed by atoms with Gasteiger partial charge in [-0.05, 0) is 89.8 Å². The molecule has 5 fully saturated rings. The minimum absolute atomic E-state index is 0.0461. The van der Waals surface area contributed by atoms with Gasteiger partial charge in [-0.1, -0.05) is 32.6 Å². The molecule has 46 heavy (non-hydrogen) atoms. The van der Waals surface area contributed by atoms with Crippen LogP contribution in [0.3, 0.4) is 0 Å². The molecule has 5 aliphatic heterocycles. The molecule has 6 aliphatic rings. The smallest absolute Gasteiger partial charge is 0.320 e. The third-order valence-electron chi connectivity index (χ3n) is 12.1. The number of fused-ring (bicyclic) bond motifs is 7. The summed E-state index contributed by atoms with van der Waals surface area (Å²) in [5.41, 5.74) is 0. The van der Waals surface area contributed by atoms with Crippen LogP contribution in [0.5, 0.6) is 0 Å². The van der Waals surface area contributed by atoms with Gasteiger partial charge >= 0.3 is 6.03 Å². The molecular weight excluding hydrogens is 588 g/mol. The van der Waals surface area contributed by atoms with Crippen LogP contribution >= 0.6 is 0 Å². The van der Waals surface area contributed by atoms with E-state index in [1.165, 1.54) is 6.08 Å². The second kappa shape index (κ2) is 14.2. The first-order chi connectivity index (χ1) is 22.1. The quantitative estimate of drug-likeness (QED) is 0.278. The molecule has 5 heterocycles. The van der Waals surface area contributed by atoms with Gasteiger partial charge in [-0.25, -0.2) is 13.6 Å². The molecule has 1 saturated carbocycles. The largest absolute Gasteiger partial charge is 0.334 e. The van der Waals surface area contributed by atoms with Crippen molar-refractivity contribution in [3.63, 3.8) is 0 Å². The number of carbonyl (C=O) groups is 2. The topological polar surface area (TPSA) is 92.0 Å². The third kappa shape index (κ3) is 6.63. The van der Waals surface area contributed by atoms with Crippen molar-refractivity contribution in [1.82, 2.24) is 36.0 Å². The van der Waals surface area contributed by atoms with Crippen molar-refractivity contribution >= 4 is 11.9 Å². The highest BCUT2D eigenvalue weighted by molar-refractivity contribution is 5.87. The molecule has 11 unspecified atom stereocenters. The van der Waals surface area contributed by atoms with Gasteiger partial charge in [0.1, 0.15) is 12.3 Å². The molecule has 6 bridgehead atoms. The first-order valence-electron chi connectivity index (χ1n) is 18.0. The number of alkyl halides is 2. The Kier molecular flexibility index (Phi) is 10.4. The summed E-state index contributed by atoms with van der Waals surface area (Å²) in [5, 5.41) is 14.5. The van der Waals surface area contributed by atoms with E-state index in [0.29, 0.717) is 37.8 Å². The molecule has 0 aromatic heterocycles. The van der Waals surface area contributed by atoms with Crippen LogP contribution in [0.15, 0.2) is 24.8 Å². The van der Waals surface area contributed by atoms with Gasteiger partial charge in [0.2, 0.25) is 5.91 Å². The second-order valence-electron chi connectivity index (χ2n) is 15.4. The number of amides is 3. The Labute approximate surface area is 274 Å². The predicted molar refractivity (Wildman–Crippen MR) is 176 cm³/mol. The lowest BCUT2D eigenvalue weighted by atomic mass is 9.73. The number of halogens is 2. The van der Waals surface area contributed by atoms with Gasteiger partial charge in [0.15, 0.2) is 0 Å². The number of rotatable bonds is 3. The molecule has 0 spiro atoms. The SMILES string of the molecule is C=CC(=O)N1C[C@H](C)N(C2NC(=O)N3C4CC(CC=CCCNC5CCC(F)C(C5)C5NC3C2CC5F)CNC4C(C)C)C[C@H]1C. The maximum atomic E-state index is 16.6. The minimum atomic E-state index is -1.24. The van der Waals surface area contributed by atoms with E-state index in [4.69, 9.17) is 0 Å². The van der Waals surface area contributed by atoms with E-state index in [-0.39, 0.29) is 54.5 Å². The summed E-state index contributed by atoms with van der Waals surface area (Å²) in [5.74, 6) is -0.137. The molecule has 0 aromatic rings. The molecular formula is C35H57F2N7O2. The molecule has 1 aliphatic carbocycles. The standard InChI is InChI=1S/C35H57F2N7O2/c1-6-30(45)42-18-22(5)43(19-21(42)4)33-26-16-28(37)32-25-15-24(11-12-27(25)36)38-13-9-7-8-10-23-14-29(31(20(2)3)39-17-23)44(34(26)40-32)35(46)41-33/h6-8,20-29,31-34,38-40H,1,9-19H2,2-5H3,(H,41,46)/t21-,22+,23?,24?,25?,26?,27?,28?,29?,31?,32?,33?,34?/m1/s1. The number of carbonyl (C=O) groups excluding carboxylic acids is 2. The van der Waals surface area contributed by atoms with Crippen molar-refractivity contribution in [3.8, 4) is 0 Å². The Morgan fingerprint density at radius 2 is 1.80 bits per heavy atom. The lowest BCUT2D eigenvalue weighted by molar-refractivity contribution is -0.136. The highest BCUT2D eigenvalue weighted by Gasteiger charge is 2.56. The average molecular weight is 646 g/mol. The van der Waals surface area contributed by atoms with Gasteiger partial charge in [-0.2, -0.15) is 0 Å². The predicted octanol–water partition coefficient (Wildman–Crippen LogP) is 3.54. The van der Waals surface area contributed by atoms with E-state index in [9.17, 15) is 9.59 Å². The van der Waals surface area contributed by atoms with Crippen LogP contribution in [-0.2, 0) is 4.79 Å². The first-order valence-corrected chi connectivity index (χ1v) is 18.0. The molecule has 0 aromatic carbocycles. The van der Waals surface area contributed by atoms with Crippen molar-refractivity contribution in [1.29, 1.82) is 0 Å². The fourth-order valence-electron chi connectivity index (χ4n) is 9.69. The first kappa shape index (κ1) is 33.8. The normalized spacial score (nSPS) is 44.1. The summed E-state index contributed by atoms with van der Waals surface area (Å²) in [6.45, 7) is 15.0. The fourth-order valence-corrected chi connectivity index (χ4v) is 9.69. The number of nitrogens with one attached hydrogen (secondary N) is 4. The molecule has 4 saturated heterocycles. The van der Waals surface area contributed by atoms with Crippen LogP contribution in [0, 0.1) is 23.7 Å². The molecule has 13 atom stereocenters. The molecule has 11 heteroatoms. The van der Waals surface area contributed by atoms with Crippen LogP contribution in [0.25, 0.3) is 0 Å². The van der Waals surface area contributed by atoms with Crippen LogP contribution < -0.4 is 21.3 Å². The van der Waals surface area contributed by atoms with E-state index in [0.717, 1.165) is 38.8 Å². The van der Waals surface area contributed by atoms with Crippen molar-refractivity contribution in [2.45, 2.75) is 134 Å². The van der Waals surface area contributed by atoms with Gasteiger partial charge in [0.05, 0.1) is 18.4 Å². The summed E-state index contributed by atoms with van der Waals surface area (Å²) < 4.78 is 32.3. The Hall–Kier alpha value is -2.08. The van der Waals surface area contributed by atoms with Crippen LogP contribution in [0.2, 0.25) is 0 Å². The monoisotopic (exact) mass is 645 g/mol. The Bertz CT molecular complexity index is 1140. The Morgan fingerprint density at radius 3 is 2.57 bits per heavy atom. The molecule has 0 radical (unpaired) electrons. The zero-order valence-corrected chi connectivity index (χ0v) is 28.2. The van der Waals surface area contributed by atoms with E-state index in [1.54, 1.807) is 0 Å². The minimum Gasteiger partial charge on any atom is -0.334 e. The Morgan fingerprint density at radius 1 is 1.00 bits per heavy atom. The van der Waals surface area contributed by atoms with E-state index < -0.39 is 36.6 Å². The van der Waals surface area contributed by atoms with Crippen molar-refractivity contribution in [2.24, 2.45) is 23.7 Å². The van der Waals surface area contributed by atoms with Gasteiger partial charge < -0.3 is 25.8 Å². The molecule has 3 amide bonds. The summed E-state index contributed by atoms with van der Waals surface area (Å²) >= 11 is 0. The van der Waals surface area contributed by atoms with E-state index >= 15 is 8.78 Å². The number of nitrogens with zero attached hydrogens (tertiary/aromatic N) is 3. The number of urea groups is 1. The maximum absolute atomic E-state index is 16.6. The average Bonchev–Trinajstić information content (AvgIpc) is 3.03. The zero-order valence-electron chi connectivity index (χ0n) is 28.2. The lowest BCUT2D eigenvalue weighted by Gasteiger charge is -2.59. The number of hydrogen-bond acceptors (Lipinski definition) is 6. The summed E-state index contributed by atoms with van der Waals surface area (Å²) in [6.07, 6.45) is 7.48. The third-order valence-corrected chi connectivity index (χ3v) is 12.1. The fraction of sp³-hybridized carbons (Fsp3) is 0.829. The van der Waals surface area contributed by atoms with Crippen LogP contribution in [0.1, 0.15) is 72.6 Å². The Balaban J connectivity index is 1.36. The highest BCUT2D eigenvalue weighted by atomic mass is 19.1. The molecule has 6 rings (SSSR count). The summed E-state index contributed by atoms with van der Waals surface area (Å²) in [6, 6.07) is -0.766. The molecule has 258 valence electrons. The van der Waals surface area contributed by atoms with Gasteiger partial charge in [0.25, 0.3) is 0 Å². The van der Waals surface area contributed by atoms with Crippen molar-refractivity contribution < 1.29 is 18.4 Å². The van der Waals surface area contributed by atoms with E-state index in [2.05, 4.69) is 65.7 Å². The maximum Gasteiger partial charge on any atom is 0.320 e. The van der Waals surface area contributed by atoms with Crippen molar-refractivity contribution in [2.75, 3.05) is 26.2 Å². The zero-order chi connectivity index (χ0) is 32.7. The van der Waals surface area contributed by atoms with Gasteiger partial charge in [-0.15, -0.1) is 0 Å². The molecule has 9 nitrogen and oxygen atoms in total. The van der Waals surface area contributed by atoms with Crippen molar-refractivity contribution in [3.05, 3.63) is 24.8 Å². The number of hydrogen-bond donors (Lipinski definition) is 4. The van der Waals surface area contributed by atoms with Gasteiger partial charge in [0, 0.05) is 55.1 Å². The summed E-state index contributed by atoms with van der Waals surface area (Å²) in [7, 11) is 0. The summed E-state index contributed by atoms with van der Waals surface area (Å²) in [4.78, 5) is 33.2. The second-order valence-corrected chi connectivity index (χ2v) is 15.4. The molecule has 4 N–H and O–H groups in total. The van der Waals surface area contributed by atoms with Crippen LogP contribution in [0.4, 0.5) is 13.6 Å². The van der Waals surface area contributed by atoms with Crippen LogP contribution in [-0.4, -0.2) is 114 Å². The lowest BCUT2D eigenvalue weighted by Crippen LogP contribution is -2.79. The van der Waals surface area contributed by atoms with Gasteiger partial charge in [-0.3, -0.25) is 15.0 Å². The van der Waals surface area contributed by atoms with E-state index in [1.807, 2.05) is 16.7 Å². The highest BCUT2D eigenvalue weighted by Crippen LogP contribution is 2.42. The number of piperazine rings is 1.